The highest BCUT2D eigenvalue weighted by atomic mass is 35.5. The van der Waals surface area contributed by atoms with E-state index in [4.69, 9.17) is 44.8 Å². The van der Waals surface area contributed by atoms with E-state index in [1.165, 1.54) is 24.3 Å². The molecule has 0 aromatic heterocycles. The van der Waals surface area contributed by atoms with Gasteiger partial charge in [0, 0.05) is 6.07 Å². The molecule has 0 saturated carbocycles. The van der Waals surface area contributed by atoms with Crippen LogP contribution in [-0.4, -0.2) is 0 Å². The van der Waals surface area contributed by atoms with Gasteiger partial charge >= 0.3 is 0 Å². The van der Waals surface area contributed by atoms with Crippen LogP contribution in [0.2, 0.25) is 15.1 Å². The minimum absolute atomic E-state index is 0.0575. The van der Waals surface area contributed by atoms with Crippen LogP contribution in [0.4, 0.5) is 4.39 Å². The van der Waals surface area contributed by atoms with Gasteiger partial charge < -0.3 is 4.74 Å². The van der Waals surface area contributed by atoms with Crippen molar-refractivity contribution in [3.05, 3.63) is 56.8 Å². The topological polar surface area (TPSA) is 33.0 Å². The Balaban J connectivity index is 2.42. The van der Waals surface area contributed by atoms with Crippen molar-refractivity contribution in [2.24, 2.45) is 0 Å². The third-order valence-corrected chi connectivity index (χ3v) is 3.27. The molecule has 0 heterocycles. The molecule has 2 rings (SSSR count). The Hall–Kier alpha value is -1.47. The molecule has 0 unspecified atom stereocenters. The molecule has 0 atom stereocenters. The third-order valence-electron chi connectivity index (χ3n) is 2.26. The highest BCUT2D eigenvalue weighted by molar-refractivity contribution is 6.43. The maximum atomic E-state index is 13.0. The van der Waals surface area contributed by atoms with Gasteiger partial charge in [0.25, 0.3) is 0 Å². The molecule has 0 fully saturated rings. The first-order valence-electron chi connectivity index (χ1n) is 5.03. The Kier molecular flexibility index (Phi) is 4.16. The molecular formula is C13H5Cl3FNO. The minimum Gasteiger partial charge on any atom is -0.454 e. The number of nitrogens with zero attached hydrogens (tertiary/aromatic N) is 1. The van der Waals surface area contributed by atoms with Gasteiger partial charge in [-0.2, -0.15) is 5.26 Å². The Morgan fingerprint density at radius 2 is 1.63 bits per heavy atom. The van der Waals surface area contributed by atoms with E-state index < -0.39 is 5.82 Å². The van der Waals surface area contributed by atoms with Crippen LogP contribution < -0.4 is 4.74 Å². The number of hydrogen-bond donors (Lipinski definition) is 0. The van der Waals surface area contributed by atoms with Gasteiger partial charge in [-0.05, 0) is 24.3 Å². The molecule has 0 aliphatic heterocycles. The molecule has 6 heteroatoms. The predicted octanol–water partition coefficient (Wildman–Crippen LogP) is 5.45. The SMILES string of the molecule is N#Cc1cc(F)ccc1Oc1cc(Cl)c(Cl)cc1Cl. The van der Waals surface area contributed by atoms with Crippen molar-refractivity contribution in [3.63, 3.8) is 0 Å². The number of nitriles is 1. The zero-order valence-corrected chi connectivity index (χ0v) is 11.5. The van der Waals surface area contributed by atoms with E-state index in [0.29, 0.717) is 5.02 Å². The summed E-state index contributed by atoms with van der Waals surface area (Å²) >= 11 is 17.6. The number of rotatable bonds is 2. The van der Waals surface area contributed by atoms with Crippen LogP contribution >= 0.6 is 34.8 Å². The van der Waals surface area contributed by atoms with Crippen LogP contribution in [0.15, 0.2) is 30.3 Å². The van der Waals surface area contributed by atoms with Gasteiger partial charge in [0.05, 0.1) is 20.6 Å². The Morgan fingerprint density at radius 3 is 2.32 bits per heavy atom. The van der Waals surface area contributed by atoms with Crippen LogP contribution in [0.3, 0.4) is 0 Å². The van der Waals surface area contributed by atoms with Crippen LogP contribution in [-0.2, 0) is 0 Å². The van der Waals surface area contributed by atoms with Gasteiger partial charge in [-0.1, -0.05) is 34.8 Å². The minimum atomic E-state index is -0.524. The second kappa shape index (κ2) is 5.66. The Labute approximate surface area is 123 Å². The molecule has 2 aromatic carbocycles. The lowest BCUT2D eigenvalue weighted by Crippen LogP contribution is -1.90. The fourth-order valence-electron chi connectivity index (χ4n) is 1.38. The molecular weight excluding hydrogens is 312 g/mol. The number of hydrogen-bond acceptors (Lipinski definition) is 2. The van der Waals surface area contributed by atoms with E-state index in [9.17, 15) is 4.39 Å². The molecule has 0 aliphatic rings. The second-order valence-electron chi connectivity index (χ2n) is 3.55. The summed E-state index contributed by atoms with van der Waals surface area (Å²) < 4.78 is 18.5. The summed E-state index contributed by atoms with van der Waals surface area (Å²) in [4.78, 5) is 0. The lowest BCUT2D eigenvalue weighted by atomic mass is 10.2. The van der Waals surface area contributed by atoms with Crippen LogP contribution in [0.1, 0.15) is 5.56 Å². The largest absolute Gasteiger partial charge is 0.454 e. The fraction of sp³-hybridized carbons (Fsp3) is 0. The highest BCUT2D eigenvalue weighted by Crippen LogP contribution is 2.37. The number of benzene rings is 2. The molecule has 0 bridgehead atoms. The lowest BCUT2D eigenvalue weighted by Gasteiger charge is -2.10. The standard InChI is InChI=1S/C13H5Cl3FNO/c14-9-4-11(16)13(5-10(9)15)19-12-2-1-8(17)3-7(12)6-18/h1-5H. The fourth-order valence-corrected chi connectivity index (χ4v) is 1.95. The van der Waals surface area contributed by atoms with E-state index in [2.05, 4.69) is 0 Å². The van der Waals surface area contributed by atoms with Gasteiger partial charge in [0.1, 0.15) is 23.4 Å². The average Bonchev–Trinajstić information content (AvgIpc) is 2.37. The first kappa shape index (κ1) is 14.0. The molecule has 0 N–H and O–H groups in total. The molecule has 0 amide bonds. The molecule has 0 radical (unpaired) electrons. The number of ether oxygens (including phenoxy) is 1. The van der Waals surface area contributed by atoms with E-state index >= 15 is 0 Å². The van der Waals surface area contributed by atoms with Crippen molar-refractivity contribution in [2.45, 2.75) is 0 Å². The van der Waals surface area contributed by atoms with Gasteiger partial charge in [-0.25, -0.2) is 4.39 Å². The van der Waals surface area contributed by atoms with Gasteiger partial charge in [-0.15, -0.1) is 0 Å². The second-order valence-corrected chi connectivity index (χ2v) is 4.77. The molecule has 0 aliphatic carbocycles. The Bertz CT molecular complexity index is 682. The van der Waals surface area contributed by atoms with Crippen molar-refractivity contribution in [3.8, 4) is 17.6 Å². The third kappa shape index (κ3) is 3.10. The first-order valence-corrected chi connectivity index (χ1v) is 6.16. The van der Waals surface area contributed by atoms with E-state index in [0.717, 1.165) is 6.07 Å². The summed E-state index contributed by atoms with van der Waals surface area (Å²) in [6.45, 7) is 0. The van der Waals surface area contributed by atoms with Crippen molar-refractivity contribution < 1.29 is 9.13 Å². The summed E-state index contributed by atoms with van der Waals surface area (Å²) in [7, 11) is 0. The van der Waals surface area contributed by atoms with Crippen molar-refractivity contribution >= 4 is 34.8 Å². The molecule has 0 spiro atoms. The lowest BCUT2D eigenvalue weighted by molar-refractivity contribution is 0.479. The molecule has 2 aromatic rings. The zero-order valence-electron chi connectivity index (χ0n) is 9.25. The van der Waals surface area contributed by atoms with E-state index in [-0.39, 0.29) is 27.1 Å². The summed E-state index contributed by atoms with van der Waals surface area (Å²) in [5.41, 5.74) is 0.0575. The van der Waals surface area contributed by atoms with Crippen molar-refractivity contribution in [1.29, 1.82) is 5.26 Å². The van der Waals surface area contributed by atoms with Gasteiger partial charge in [0.15, 0.2) is 0 Å². The summed E-state index contributed by atoms with van der Waals surface area (Å²) in [5.74, 6) is -0.104. The van der Waals surface area contributed by atoms with Crippen LogP contribution in [0.5, 0.6) is 11.5 Å². The normalized spacial score (nSPS) is 10.1. The predicted molar refractivity (Wildman–Crippen MR) is 72.7 cm³/mol. The summed E-state index contributed by atoms with van der Waals surface area (Å²) in [5, 5.41) is 9.71. The molecule has 0 saturated heterocycles. The van der Waals surface area contributed by atoms with Crippen molar-refractivity contribution in [1.82, 2.24) is 0 Å². The van der Waals surface area contributed by atoms with Crippen LogP contribution in [0, 0.1) is 17.1 Å². The average molecular weight is 317 g/mol. The molecule has 2 nitrogen and oxygen atoms in total. The quantitative estimate of drug-likeness (QED) is 0.690. The van der Waals surface area contributed by atoms with Crippen molar-refractivity contribution in [2.75, 3.05) is 0 Å². The maximum absolute atomic E-state index is 13.0. The van der Waals surface area contributed by atoms with E-state index in [1.807, 2.05) is 6.07 Å². The zero-order chi connectivity index (χ0) is 14.0. The first-order chi connectivity index (χ1) is 9.01. The highest BCUT2D eigenvalue weighted by Gasteiger charge is 2.11. The van der Waals surface area contributed by atoms with E-state index in [1.54, 1.807) is 0 Å². The maximum Gasteiger partial charge on any atom is 0.147 e. The van der Waals surface area contributed by atoms with Gasteiger partial charge in [-0.3, -0.25) is 0 Å². The summed E-state index contributed by atoms with van der Waals surface area (Å²) in [6.07, 6.45) is 0. The monoisotopic (exact) mass is 315 g/mol. The smallest absolute Gasteiger partial charge is 0.147 e. The van der Waals surface area contributed by atoms with Gasteiger partial charge in [0.2, 0.25) is 0 Å². The molecule has 96 valence electrons. The summed E-state index contributed by atoms with van der Waals surface area (Å²) in [6, 6.07) is 8.28. The molecule has 19 heavy (non-hydrogen) atoms. The Morgan fingerprint density at radius 1 is 0.947 bits per heavy atom. The van der Waals surface area contributed by atoms with Crippen LogP contribution in [0.25, 0.3) is 0 Å². The number of halogens is 4.